The second-order valence-electron chi connectivity index (χ2n) is 1.37. The molecule has 0 radical (unpaired) electrons. The molecule has 0 aliphatic rings. The Morgan fingerprint density at radius 1 is 1.40 bits per heavy atom. The van der Waals surface area contributed by atoms with Crippen LogP contribution in [0.1, 0.15) is 13.8 Å². The van der Waals surface area contributed by atoms with Crippen LogP contribution in [0.3, 0.4) is 0 Å². The molecule has 5 heteroatoms. The minimum absolute atomic E-state index is 0.229. The van der Waals surface area contributed by atoms with Gasteiger partial charge in [-0.2, -0.15) is 4.79 Å². The van der Waals surface area contributed by atoms with Gasteiger partial charge in [-0.3, -0.25) is 0 Å². The van der Waals surface area contributed by atoms with Gasteiger partial charge in [-0.25, -0.2) is 0 Å². The highest BCUT2D eigenvalue weighted by molar-refractivity contribution is 7.58. The fourth-order valence-corrected chi connectivity index (χ4v) is 0.921. The van der Waals surface area contributed by atoms with Crippen LogP contribution in [0.2, 0.25) is 0 Å². The van der Waals surface area contributed by atoms with E-state index in [1.807, 2.05) is 0 Å². The molecule has 0 aromatic heterocycles. The smallest absolute Gasteiger partial charge is 0.426 e. The van der Waals surface area contributed by atoms with Crippen LogP contribution >= 0.6 is 8.03 Å². The molecule has 0 heterocycles. The molecule has 0 saturated carbocycles. The molecule has 4 nitrogen and oxygen atoms in total. The monoisotopic (exact) mass is 165 g/mol. The third kappa shape index (κ3) is 3.54. The summed E-state index contributed by atoms with van der Waals surface area (Å²) in [4.78, 5) is 10.5. The van der Waals surface area contributed by atoms with Gasteiger partial charge in [-0.05, 0) is 18.4 Å². The summed E-state index contributed by atoms with van der Waals surface area (Å²) in [6, 6.07) is 0. The Kier molecular flexibility index (Phi) is 5.08. The minimum atomic E-state index is -2.26. The molecule has 0 amide bonds. The molecular weight excluding hydrogens is 155 g/mol. The molecule has 0 aromatic carbocycles. The summed E-state index contributed by atoms with van der Waals surface area (Å²) >= 11 is 0. The van der Waals surface area contributed by atoms with Crippen molar-refractivity contribution in [2.75, 3.05) is 13.2 Å². The average molecular weight is 165 g/mol. The number of carbonyl (C=O) groups is 1. The van der Waals surface area contributed by atoms with Gasteiger partial charge in [0.25, 0.3) is 0 Å². The lowest BCUT2D eigenvalue weighted by molar-refractivity contribution is 0.174. The van der Waals surface area contributed by atoms with E-state index in [2.05, 4.69) is 9.26 Å². The lowest BCUT2D eigenvalue weighted by atomic mass is 10.9. The van der Waals surface area contributed by atoms with E-state index in [1.165, 1.54) is 0 Å². The number of carbonyl (C=O) groups excluding carboxylic acids is 1. The van der Waals surface area contributed by atoms with Gasteiger partial charge in [-0.1, -0.05) is 0 Å². The van der Waals surface area contributed by atoms with Crippen molar-refractivity contribution in [2.24, 2.45) is 0 Å². The van der Waals surface area contributed by atoms with Gasteiger partial charge in [0.2, 0.25) is 0 Å². The summed E-state index contributed by atoms with van der Waals surface area (Å²) in [6.45, 7) is 3.79. The highest BCUT2D eigenvalue weighted by atomic mass is 31.1. The molecule has 0 N–H and O–H groups in total. The predicted molar refractivity (Wildman–Crippen MR) is 36.3 cm³/mol. The van der Waals surface area contributed by atoms with Crippen molar-refractivity contribution in [1.82, 2.24) is 0 Å². The fourth-order valence-electron chi connectivity index (χ4n) is 0.346. The average Bonchev–Trinajstić information content (AvgIpc) is 1.89. The Bertz CT molecular complexity index is 118. The highest BCUT2D eigenvalue weighted by Crippen LogP contribution is 2.24. The van der Waals surface area contributed by atoms with Crippen molar-refractivity contribution in [3.8, 4) is 0 Å². The van der Waals surface area contributed by atoms with Crippen LogP contribution in [0.5, 0.6) is 0 Å². The normalized spacial score (nSPS) is 10.8. The highest BCUT2D eigenvalue weighted by Gasteiger charge is 2.32. The van der Waals surface area contributed by atoms with E-state index in [9.17, 15) is 9.36 Å². The maximum absolute atomic E-state index is 10.6. The van der Waals surface area contributed by atoms with Crippen LogP contribution in [0.15, 0.2) is 0 Å². The number of ether oxygens (including phenoxy) is 1. The van der Waals surface area contributed by atoms with E-state index in [4.69, 9.17) is 0 Å². The molecule has 0 aliphatic carbocycles. The third-order valence-electron chi connectivity index (χ3n) is 0.663. The molecule has 1 atom stereocenters. The van der Waals surface area contributed by atoms with E-state index in [0.29, 0.717) is 0 Å². The van der Waals surface area contributed by atoms with E-state index >= 15 is 0 Å². The standard InChI is InChI=1S/C5H10O4P/c1-3-8-5(6)10(7)9-4-2/h3-4H2,1-2H3/q+1. The molecule has 10 heavy (non-hydrogen) atoms. The van der Waals surface area contributed by atoms with E-state index in [-0.39, 0.29) is 13.2 Å². The van der Waals surface area contributed by atoms with Crippen molar-refractivity contribution in [3.05, 3.63) is 0 Å². The number of rotatable bonds is 4. The molecule has 0 bridgehead atoms. The topological polar surface area (TPSA) is 52.6 Å². The Morgan fingerprint density at radius 2 is 2.00 bits per heavy atom. The SMILES string of the molecule is CCOC(=O)[P+](=O)OCC. The first-order chi connectivity index (χ1) is 4.72. The summed E-state index contributed by atoms with van der Waals surface area (Å²) in [5, 5.41) is 0. The summed E-state index contributed by atoms with van der Waals surface area (Å²) in [6.07, 6.45) is 0. The molecule has 1 unspecified atom stereocenters. The lowest BCUT2D eigenvalue weighted by Crippen LogP contribution is -1.97. The van der Waals surface area contributed by atoms with E-state index in [1.54, 1.807) is 13.8 Å². The van der Waals surface area contributed by atoms with Crippen molar-refractivity contribution in [1.29, 1.82) is 0 Å². The molecule has 0 aromatic rings. The quantitative estimate of drug-likeness (QED) is 0.597. The van der Waals surface area contributed by atoms with Gasteiger partial charge in [-0.15, -0.1) is 4.52 Å². The molecule has 0 saturated heterocycles. The Balaban J connectivity index is 3.60. The van der Waals surface area contributed by atoms with Gasteiger partial charge < -0.3 is 4.74 Å². The molecule has 0 fully saturated rings. The second-order valence-corrected chi connectivity index (χ2v) is 2.51. The van der Waals surface area contributed by atoms with Crippen LogP contribution in [-0.2, 0) is 13.8 Å². The van der Waals surface area contributed by atoms with Crippen LogP contribution in [0.4, 0.5) is 4.79 Å². The van der Waals surface area contributed by atoms with Crippen LogP contribution < -0.4 is 0 Å². The summed E-state index contributed by atoms with van der Waals surface area (Å²) in [5.74, 6) is 0. The largest absolute Gasteiger partial charge is 0.636 e. The predicted octanol–water partition coefficient (Wildman–Crippen LogP) is 1.92. The molecule has 0 rings (SSSR count). The summed E-state index contributed by atoms with van der Waals surface area (Å²) in [5.41, 5.74) is -0.778. The van der Waals surface area contributed by atoms with Crippen molar-refractivity contribution >= 4 is 13.7 Å². The second kappa shape index (κ2) is 5.33. The first kappa shape index (κ1) is 9.53. The van der Waals surface area contributed by atoms with Crippen LogP contribution in [-0.4, -0.2) is 18.9 Å². The zero-order valence-electron chi connectivity index (χ0n) is 5.99. The van der Waals surface area contributed by atoms with Crippen LogP contribution in [0.25, 0.3) is 0 Å². The lowest BCUT2D eigenvalue weighted by Gasteiger charge is -1.87. The van der Waals surface area contributed by atoms with Crippen molar-refractivity contribution in [2.45, 2.75) is 13.8 Å². The van der Waals surface area contributed by atoms with Crippen LogP contribution in [0, 0.1) is 0 Å². The van der Waals surface area contributed by atoms with Gasteiger partial charge in [0.15, 0.2) is 0 Å². The maximum Gasteiger partial charge on any atom is 0.636 e. The zero-order valence-corrected chi connectivity index (χ0v) is 6.89. The maximum atomic E-state index is 10.6. The van der Waals surface area contributed by atoms with E-state index in [0.717, 1.165) is 0 Å². The zero-order chi connectivity index (χ0) is 7.98. The third-order valence-corrected chi connectivity index (χ3v) is 1.58. The van der Waals surface area contributed by atoms with E-state index < -0.39 is 13.7 Å². The van der Waals surface area contributed by atoms with Gasteiger partial charge in [0.05, 0.1) is 6.61 Å². The van der Waals surface area contributed by atoms with Gasteiger partial charge >= 0.3 is 13.7 Å². The minimum Gasteiger partial charge on any atom is -0.426 e. The molecule has 0 aliphatic heterocycles. The van der Waals surface area contributed by atoms with Crippen molar-refractivity contribution in [3.63, 3.8) is 0 Å². The number of hydrogen-bond donors (Lipinski definition) is 0. The summed E-state index contributed by atoms with van der Waals surface area (Å²) in [7, 11) is -2.26. The molecule has 0 spiro atoms. The summed E-state index contributed by atoms with van der Waals surface area (Å²) < 4.78 is 19.5. The Labute approximate surface area is 60.4 Å². The Hall–Kier alpha value is -0.470. The molecular formula is C5H10O4P+. The first-order valence-electron chi connectivity index (χ1n) is 2.99. The Morgan fingerprint density at radius 3 is 2.40 bits per heavy atom. The number of hydrogen-bond acceptors (Lipinski definition) is 4. The molecule has 58 valence electrons. The van der Waals surface area contributed by atoms with Gasteiger partial charge in [0, 0.05) is 0 Å². The first-order valence-corrected chi connectivity index (χ1v) is 4.17. The van der Waals surface area contributed by atoms with Gasteiger partial charge in [0.1, 0.15) is 6.61 Å². The van der Waals surface area contributed by atoms with Crippen molar-refractivity contribution < 1.29 is 18.6 Å². The fraction of sp³-hybridized carbons (Fsp3) is 0.800.